The van der Waals surface area contributed by atoms with Gasteiger partial charge in [-0.1, -0.05) is 0 Å². The molecule has 1 heterocycles. The summed E-state index contributed by atoms with van der Waals surface area (Å²) in [5.74, 6) is 0. The second-order valence-corrected chi connectivity index (χ2v) is 3.72. The van der Waals surface area contributed by atoms with Crippen molar-refractivity contribution in [2.45, 2.75) is 25.9 Å². The van der Waals surface area contributed by atoms with Crippen molar-refractivity contribution >= 4 is 6.09 Å². The van der Waals surface area contributed by atoms with Crippen molar-refractivity contribution < 1.29 is 14.3 Å². The monoisotopic (exact) mass is 216 g/mol. The summed E-state index contributed by atoms with van der Waals surface area (Å²) in [7, 11) is 0. The molecule has 0 aliphatic carbocycles. The molecule has 0 spiro atoms. The van der Waals surface area contributed by atoms with E-state index in [1.807, 2.05) is 6.92 Å². The molecule has 5 nitrogen and oxygen atoms in total. The third kappa shape index (κ3) is 4.48. The van der Waals surface area contributed by atoms with E-state index in [0.717, 1.165) is 12.8 Å². The van der Waals surface area contributed by atoms with Crippen LogP contribution in [0.4, 0.5) is 4.79 Å². The third-order valence-electron chi connectivity index (χ3n) is 2.39. The van der Waals surface area contributed by atoms with Crippen LogP contribution in [0.1, 0.15) is 19.8 Å². The first-order chi connectivity index (χ1) is 7.24. The highest BCUT2D eigenvalue weighted by Gasteiger charge is 2.19. The van der Waals surface area contributed by atoms with Crippen molar-refractivity contribution in [3.63, 3.8) is 0 Å². The molecule has 1 fully saturated rings. The predicted molar refractivity (Wildman–Crippen MR) is 56.6 cm³/mol. The molecule has 0 bridgehead atoms. The van der Waals surface area contributed by atoms with E-state index in [4.69, 9.17) is 15.2 Å². The average molecular weight is 216 g/mol. The number of amides is 1. The van der Waals surface area contributed by atoms with Crippen molar-refractivity contribution in [3.05, 3.63) is 0 Å². The highest BCUT2D eigenvalue weighted by molar-refractivity contribution is 5.67. The Hall–Kier alpha value is -0.810. The second kappa shape index (κ2) is 6.63. The Labute approximate surface area is 90.5 Å². The summed E-state index contributed by atoms with van der Waals surface area (Å²) in [5.41, 5.74) is 5.38. The number of rotatable bonds is 4. The van der Waals surface area contributed by atoms with Gasteiger partial charge in [-0.15, -0.1) is 0 Å². The topological polar surface area (TPSA) is 64.8 Å². The SMILES string of the molecule is C[C@H](CCCN)OC(=O)N1CCOCC1. The Morgan fingerprint density at radius 2 is 2.20 bits per heavy atom. The molecule has 0 aromatic rings. The number of ether oxygens (including phenoxy) is 2. The van der Waals surface area contributed by atoms with Crippen LogP contribution in [0, 0.1) is 0 Å². The Bertz CT molecular complexity index is 193. The molecule has 1 saturated heterocycles. The van der Waals surface area contributed by atoms with Gasteiger partial charge in [0.1, 0.15) is 6.10 Å². The van der Waals surface area contributed by atoms with Crippen LogP contribution in [-0.2, 0) is 9.47 Å². The summed E-state index contributed by atoms with van der Waals surface area (Å²) in [4.78, 5) is 13.3. The maximum Gasteiger partial charge on any atom is 0.410 e. The predicted octanol–water partition coefficient (Wildman–Crippen LogP) is 0.583. The molecule has 1 rings (SSSR count). The number of morpholine rings is 1. The van der Waals surface area contributed by atoms with Gasteiger partial charge in [-0.05, 0) is 26.3 Å². The number of carbonyl (C=O) groups excluding carboxylic acids is 1. The van der Waals surface area contributed by atoms with Crippen molar-refractivity contribution in [2.24, 2.45) is 5.73 Å². The molecular weight excluding hydrogens is 196 g/mol. The fraction of sp³-hybridized carbons (Fsp3) is 0.900. The van der Waals surface area contributed by atoms with Gasteiger partial charge < -0.3 is 20.1 Å². The van der Waals surface area contributed by atoms with Crippen LogP contribution in [0.25, 0.3) is 0 Å². The second-order valence-electron chi connectivity index (χ2n) is 3.72. The molecular formula is C10H20N2O3. The fourth-order valence-electron chi connectivity index (χ4n) is 1.46. The van der Waals surface area contributed by atoms with E-state index in [2.05, 4.69) is 0 Å². The number of hydrogen-bond donors (Lipinski definition) is 1. The van der Waals surface area contributed by atoms with Gasteiger partial charge in [0.25, 0.3) is 0 Å². The molecule has 88 valence electrons. The normalized spacial score (nSPS) is 18.7. The highest BCUT2D eigenvalue weighted by Crippen LogP contribution is 2.06. The third-order valence-corrected chi connectivity index (χ3v) is 2.39. The molecule has 0 aromatic carbocycles. The minimum Gasteiger partial charge on any atom is -0.446 e. The average Bonchev–Trinajstić information content (AvgIpc) is 2.27. The van der Waals surface area contributed by atoms with E-state index in [1.54, 1.807) is 4.90 Å². The Kier molecular flexibility index (Phi) is 5.42. The number of hydrogen-bond acceptors (Lipinski definition) is 4. The molecule has 2 N–H and O–H groups in total. The zero-order chi connectivity index (χ0) is 11.1. The van der Waals surface area contributed by atoms with Gasteiger partial charge >= 0.3 is 6.09 Å². The number of carbonyl (C=O) groups is 1. The first-order valence-electron chi connectivity index (χ1n) is 5.47. The summed E-state index contributed by atoms with van der Waals surface area (Å²) >= 11 is 0. The molecule has 0 saturated carbocycles. The van der Waals surface area contributed by atoms with Crippen molar-refractivity contribution in [3.8, 4) is 0 Å². The van der Waals surface area contributed by atoms with Crippen LogP contribution >= 0.6 is 0 Å². The highest BCUT2D eigenvalue weighted by atomic mass is 16.6. The molecule has 0 unspecified atom stereocenters. The maximum absolute atomic E-state index is 11.6. The lowest BCUT2D eigenvalue weighted by Crippen LogP contribution is -2.42. The van der Waals surface area contributed by atoms with E-state index in [9.17, 15) is 4.79 Å². The lowest BCUT2D eigenvalue weighted by atomic mass is 10.2. The Balaban J connectivity index is 2.21. The fourth-order valence-corrected chi connectivity index (χ4v) is 1.46. The van der Waals surface area contributed by atoms with Gasteiger partial charge in [-0.25, -0.2) is 4.79 Å². The van der Waals surface area contributed by atoms with Gasteiger partial charge in [0.2, 0.25) is 0 Å². The number of nitrogens with zero attached hydrogens (tertiary/aromatic N) is 1. The van der Waals surface area contributed by atoms with E-state index < -0.39 is 0 Å². The van der Waals surface area contributed by atoms with E-state index in [1.165, 1.54) is 0 Å². The van der Waals surface area contributed by atoms with Crippen molar-refractivity contribution in [1.29, 1.82) is 0 Å². The quantitative estimate of drug-likeness (QED) is 0.746. The first kappa shape index (κ1) is 12.3. The molecule has 1 atom stereocenters. The van der Waals surface area contributed by atoms with Crippen LogP contribution in [0.2, 0.25) is 0 Å². The van der Waals surface area contributed by atoms with Crippen LogP contribution in [0.5, 0.6) is 0 Å². The van der Waals surface area contributed by atoms with Crippen LogP contribution in [0.15, 0.2) is 0 Å². The molecule has 0 radical (unpaired) electrons. The largest absolute Gasteiger partial charge is 0.446 e. The van der Waals surface area contributed by atoms with Crippen LogP contribution < -0.4 is 5.73 Å². The summed E-state index contributed by atoms with van der Waals surface area (Å²) in [6.45, 7) is 5.00. The zero-order valence-corrected chi connectivity index (χ0v) is 9.28. The maximum atomic E-state index is 11.6. The van der Waals surface area contributed by atoms with E-state index in [-0.39, 0.29) is 12.2 Å². The van der Waals surface area contributed by atoms with E-state index in [0.29, 0.717) is 32.8 Å². The molecule has 1 aliphatic rings. The van der Waals surface area contributed by atoms with Gasteiger partial charge in [0.15, 0.2) is 0 Å². The van der Waals surface area contributed by atoms with E-state index >= 15 is 0 Å². The molecule has 1 amide bonds. The molecule has 1 aliphatic heterocycles. The lowest BCUT2D eigenvalue weighted by molar-refractivity contribution is 0.0141. The molecule has 0 aromatic heterocycles. The molecule has 5 heteroatoms. The minimum atomic E-state index is -0.233. The summed E-state index contributed by atoms with van der Waals surface area (Å²) < 4.78 is 10.4. The van der Waals surface area contributed by atoms with Crippen molar-refractivity contribution in [1.82, 2.24) is 4.90 Å². The lowest BCUT2D eigenvalue weighted by Gasteiger charge is -2.27. The Morgan fingerprint density at radius 3 is 2.80 bits per heavy atom. The van der Waals surface area contributed by atoms with Crippen molar-refractivity contribution in [2.75, 3.05) is 32.8 Å². The van der Waals surface area contributed by atoms with Gasteiger partial charge in [-0.2, -0.15) is 0 Å². The van der Waals surface area contributed by atoms with Gasteiger partial charge in [0, 0.05) is 13.1 Å². The Morgan fingerprint density at radius 1 is 1.53 bits per heavy atom. The smallest absolute Gasteiger partial charge is 0.410 e. The van der Waals surface area contributed by atoms with Crippen LogP contribution in [0.3, 0.4) is 0 Å². The minimum absolute atomic E-state index is 0.0519. The van der Waals surface area contributed by atoms with Gasteiger partial charge in [-0.3, -0.25) is 0 Å². The standard InChI is InChI=1S/C10H20N2O3/c1-9(3-2-4-11)15-10(13)12-5-7-14-8-6-12/h9H,2-8,11H2,1H3/t9-/m1/s1. The van der Waals surface area contributed by atoms with Gasteiger partial charge in [0.05, 0.1) is 13.2 Å². The first-order valence-corrected chi connectivity index (χ1v) is 5.47. The summed E-state index contributed by atoms with van der Waals surface area (Å²) in [6, 6.07) is 0. The summed E-state index contributed by atoms with van der Waals surface area (Å²) in [6.07, 6.45) is 1.43. The summed E-state index contributed by atoms with van der Waals surface area (Å²) in [5, 5.41) is 0. The zero-order valence-electron chi connectivity index (χ0n) is 9.28. The molecule has 15 heavy (non-hydrogen) atoms. The van der Waals surface area contributed by atoms with Crippen LogP contribution in [-0.4, -0.2) is 49.9 Å². The number of nitrogens with two attached hydrogens (primary N) is 1.